The molecule has 1 fully saturated rings. The number of hydrogen-bond donors (Lipinski definition) is 1. The Bertz CT molecular complexity index is 419. The minimum Gasteiger partial charge on any atom is -0.343 e. The zero-order valence-electron chi connectivity index (χ0n) is 11.4. The second kappa shape index (κ2) is 5.52. The highest BCUT2D eigenvalue weighted by molar-refractivity contribution is 5.73. The Labute approximate surface area is 108 Å². The number of carbonyl (C=O) groups excluding carboxylic acids is 1. The SMILES string of the molecule is CC(=O)N1CCC(NCc2cnn(C)c2C)CC1. The van der Waals surface area contributed by atoms with Gasteiger partial charge in [0, 0.05) is 50.9 Å². The molecule has 0 unspecified atom stereocenters. The summed E-state index contributed by atoms with van der Waals surface area (Å²) in [5.74, 6) is 0.191. The van der Waals surface area contributed by atoms with Gasteiger partial charge in [-0.15, -0.1) is 0 Å². The second-order valence-corrected chi connectivity index (χ2v) is 5.04. The van der Waals surface area contributed by atoms with Crippen molar-refractivity contribution in [3.8, 4) is 0 Å². The van der Waals surface area contributed by atoms with E-state index in [-0.39, 0.29) is 5.91 Å². The van der Waals surface area contributed by atoms with Gasteiger partial charge in [0.25, 0.3) is 0 Å². The van der Waals surface area contributed by atoms with Crippen molar-refractivity contribution in [1.82, 2.24) is 20.0 Å². The van der Waals surface area contributed by atoms with Crippen LogP contribution in [0.1, 0.15) is 31.0 Å². The van der Waals surface area contributed by atoms with Crippen LogP contribution in [0.15, 0.2) is 6.20 Å². The summed E-state index contributed by atoms with van der Waals surface area (Å²) in [4.78, 5) is 13.2. The lowest BCUT2D eigenvalue weighted by atomic mass is 10.0. The molecule has 1 N–H and O–H groups in total. The summed E-state index contributed by atoms with van der Waals surface area (Å²) >= 11 is 0. The number of rotatable bonds is 3. The fraction of sp³-hybridized carbons (Fsp3) is 0.692. The van der Waals surface area contributed by atoms with Crippen LogP contribution in [0.5, 0.6) is 0 Å². The Morgan fingerprint density at radius 3 is 2.67 bits per heavy atom. The zero-order chi connectivity index (χ0) is 13.1. The molecule has 1 aliphatic rings. The molecule has 5 heteroatoms. The molecule has 18 heavy (non-hydrogen) atoms. The van der Waals surface area contributed by atoms with E-state index in [9.17, 15) is 4.79 Å². The average molecular weight is 250 g/mol. The van der Waals surface area contributed by atoms with E-state index in [1.54, 1.807) is 6.92 Å². The molecule has 1 saturated heterocycles. The van der Waals surface area contributed by atoms with Crippen molar-refractivity contribution in [1.29, 1.82) is 0 Å². The minimum absolute atomic E-state index is 0.191. The molecule has 100 valence electrons. The standard InChI is InChI=1S/C13H22N4O/c1-10-12(9-15-16(10)3)8-14-13-4-6-17(7-5-13)11(2)18/h9,13-14H,4-8H2,1-3H3. The minimum atomic E-state index is 0.191. The Morgan fingerprint density at radius 1 is 1.50 bits per heavy atom. The van der Waals surface area contributed by atoms with Gasteiger partial charge in [-0.25, -0.2) is 0 Å². The van der Waals surface area contributed by atoms with Gasteiger partial charge < -0.3 is 10.2 Å². The third-order valence-electron chi connectivity index (χ3n) is 3.86. The van der Waals surface area contributed by atoms with E-state index in [0.29, 0.717) is 6.04 Å². The van der Waals surface area contributed by atoms with Gasteiger partial charge in [-0.05, 0) is 19.8 Å². The molecule has 1 amide bonds. The Balaban J connectivity index is 1.79. The third kappa shape index (κ3) is 2.90. The number of likely N-dealkylation sites (tertiary alicyclic amines) is 1. The molecule has 2 heterocycles. The fourth-order valence-electron chi connectivity index (χ4n) is 2.37. The Morgan fingerprint density at radius 2 is 2.17 bits per heavy atom. The van der Waals surface area contributed by atoms with Crippen LogP contribution in [-0.2, 0) is 18.4 Å². The van der Waals surface area contributed by atoms with Crippen molar-refractivity contribution >= 4 is 5.91 Å². The van der Waals surface area contributed by atoms with Gasteiger partial charge in [0.2, 0.25) is 5.91 Å². The molecular weight excluding hydrogens is 228 g/mol. The van der Waals surface area contributed by atoms with E-state index in [2.05, 4.69) is 17.3 Å². The van der Waals surface area contributed by atoms with Crippen LogP contribution in [0.3, 0.4) is 0 Å². The van der Waals surface area contributed by atoms with Gasteiger partial charge in [0.1, 0.15) is 0 Å². The number of amides is 1. The first-order valence-corrected chi connectivity index (χ1v) is 6.54. The van der Waals surface area contributed by atoms with Crippen LogP contribution >= 0.6 is 0 Å². The van der Waals surface area contributed by atoms with E-state index < -0.39 is 0 Å². The number of aryl methyl sites for hydroxylation is 1. The van der Waals surface area contributed by atoms with Crippen LogP contribution in [-0.4, -0.2) is 39.7 Å². The maximum atomic E-state index is 11.2. The highest BCUT2D eigenvalue weighted by Gasteiger charge is 2.20. The van der Waals surface area contributed by atoms with Gasteiger partial charge in [0.15, 0.2) is 0 Å². The van der Waals surface area contributed by atoms with Crippen molar-refractivity contribution in [2.24, 2.45) is 7.05 Å². The number of carbonyl (C=O) groups is 1. The average Bonchev–Trinajstić information content (AvgIpc) is 2.68. The van der Waals surface area contributed by atoms with Gasteiger partial charge in [0.05, 0.1) is 6.20 Å². The number of piperidine rings is 1. The van der Waals surface area contributed by atoms with E-state index in [4.69, 9.17) is 0 Å². The van der Waals surface area contributed by atoms with Crippen molar-refractivity contribution in [3.63, 3.8) is 0 Å². The molecule has 2 rings (SSSR count). The van der Waals surface area contributed by atoms with E-state index >= 15 is 0 Å². The summed E-state index contributed by atoms with van der Waals surface area (Å²) in [6, 6.07) is 0.514. The quantitative estimate of drug-likeness (QED) is 0.864. The van der Waals surface area contributed by atoms with Crippen LogP contribution in [0.2, 0.25) is 0 Å². The number of nitrogens with one attached hydrogen (secondary N) is 1. The van der Waals surface area contributed by atoms with Crippen molar-refractivity contribution in [2.45, 2.75) is 39.3 Å². The molecule has 0 aromatic carbocycles. The van der Waals surface area contributed by atoms with Crippen molar-refractivity contribution in [3.05, 3.63) is 17.5 Å². The molecule has 0 saturated carbocycles. The van der Waals surface area contributed by atoms with E-state index in [0.717, 1.165) is 32.5 Å². The topological polar surface area (TPSA) is 50.2 Å². The smallest absolute Gasteiger partial charge is 0.219 e. The van der Waals surface area contributed by atoms with E-state index in [1.165, 1.54) is 11.3 Å². The molecule has 0 bridgehead atoms. The predicted molar refractivity (Wildman–Crippen MR) is 70.1 cm³/mol. The van der Waals surface area contributed by atoms with Gasteiger partial charge in [-0.3, -0.25) is 9.48 Å². The number of nitrogens with zero attached hydrogens (tertiary/aromatic N) is 3. The highest BCUT2D eigenvalue weighted by atomic mass is 16.2. The van der Waals surface area contributed by atoms with Crippen molar-refractivity contribution < 1.29 is 4.79 Å². The first-order chi connectivity index (χ1) is 8.58. The fourth-order valence-corrected chi connectivity index (χ4v) is 2.37. The van der Waals surface area contributed by atoms with Gasteiger partial charge in [-0.2, -0.15) is 5.10 Å². The third-order valence-corrected chi connectivity index (χ3v) is 3.86. The van der Waals surface area contributed by atoms with Crippen LogP contribution in [0.25, 0.3) is 0 Å². The Hall–Kier alpha value is -1.36. The summed E-state index contributed by atoms with van der Waals surface area (Å²) in [6.45, 7) is 6.34. The molecule has 0 spiro atoms. The van der Waals surface area contributed by atoms with Gasteiger partial charge in [-0.1, -0.05) is 0 Å². The Kier molecular flexibility index (Phi) is 4.01. The highest BCUT2D eigenvalue weighted by Crippen LogP contribution is 2.12. The molecule has 1 aliphatic heterocycles. The summed E-state index contributed by atoms with van der Waals surface area (Å²) in [5.41, 5.74) is 2.47. The largest absolute Gasteiger partial charge is 0.343 e. The van der Waals surface area contributed by atoms with Crippen LogP contribution in [0.4, 0.5) is 0 Å². The molecule has 0 aliphatic carbocycles. The summed E-state index contributed by atoms with van der Waals surface area (Å²) in [5, 5.41) is 7.80. The first kappa shape index (κ1) is 13.1. The monoisotopic (exact) mass is 250 g/mol. The lowest BCUT2D eigenvalue weighted by molar-refractivity contribution is -0.129. The number of hydrogen-bond acceptors (Lipinski definition) is 3. The lowest BCUT2D eigenvalue weighted by Crippen LogP contribution is -2.43. The normalized spacial score (nSPS) is 17.2. The molecule has 1 aromatic rings. The zero-order valence-corrected chi connectivity index (χ0v) is 11.4. The van der Waals surface area contributed by atoms with Crippen molar-refractivity contribution in [2.75, 3.05) is 13.1 Å². The van der Waals surface area contributed by atoms with Crippen LogP contribution < -0.4 is 5.32 Å². The van der Waals surface area contributed by atoms with E-state index in [1.807, 2.05) is 22.8 Å². The lowest BCUT2D eigenvalue weighted by Gasteiger charge is -2.31. The predicted octanol–water partition coefficient (Wildman–Crippen LogP) is 0.829. The molecule has 1 aromatic heterocycles. The molecule has 0 radical (unpaired) electrons. The maximum Gasteiger partial charge on any atom is 0.219 e. The molecular formula is C13H22N4O. The second-order valence-electron chi connectivity index (χ2n) is 5.04. The molecule has 0 atom stereocenters. The van der Waals surface area contributed by atoms with Gasteiger partial charge >= 0.3 is 0 Å². The number of aromatic nitrogens is 2. The maximum absolute atomic E-state index is 11.2. The summed E-state index contributed by atoms with van der Waals surface area (Å²) in [7, 11) is 1.96. The first-order valence-electron chi connectivity index (χ1n) is 6.54. The summed E-state index contributed by atoms with van der Waals surface area (Å²) < 4.78 is 1.90. The van der Waals surface area contributed by atoms with Crippen LogP contribution in [0, 0.1) is 6.92 Å². The molecule has 5 nitrogen and oxygen atoms in total. The summed E-state index contributed by atoms with van der Waals surface area (Å²) in [6.07, 6.45) is 4.00.